The van der Waals surface area contributed by atoms with Gasteiger partial charge in [-0.3, -0.25) is 14.9 Å². The van der Waals surface area contributed by atoms with Gasteiger partial charge in [0.2, 0.25) is 5.78 Å². The fourth-order valence-corrected chi connectivity index (χ4v) is 2.61. The monoisotopic (exact) mass is 340 g/mol. The smallest absolute Gasteiger partial charge is 0.273 e. The molecule has 25 heavy (non-hydrogen) atoms. The standard InChI is InChI=1S/C18H16N2O5/c1-11(18(21)14-10-19-15-6-4-3-5-13(14)15)25-17-9-12(20(22)23)7-8-16(17)24-2/h3-11,19H,1-2H3/t11-/m0/s1. The van der Waals surface area contributed by atoms with Crippen LogP contribution in [0, 0.1) is 10.1 Å². The van der Waals surface area contributed by atoms with Gasteiger partial charge < -0.3 is 14.5 Å². The van der Waals surface area contributed by atoms with E-state index in [-0.39, 0.29) is 17.2 Å². The average Bonchev–Trinajstić information content (AvgIpc) is 3.04. The van der Waals surface area contributed by atoms with Crippen LogP contribution in [0.15, 0.2) is 48.7 Å². The highest BCUT2D eigenvalue weighted by molar-refractivity contribution is 6.09. The van der Waals surface area contributed by atoms with Gasteiger partial charge in [-0.1, -0.05) is 18.2 Å². The largest absolute Gasteiger partial charge is 0.493 e. The lowest BCUT2D eigenvalue weighted by atomic mass is 10.1. The van der Waals surface area contributed by atoms with Crippen molar-refractivity contribution in [3.63, 3.8) is 0 Å². The maximum absolute atomic E-state index is 12.7. The van der Waals surface area contributed by atoms with Gasteiger partial charge in [-0.15, -0.1) is 0 Å². The molecule has 1 heterocycles. The SMILES string of the molecule is COc1ccc([N+](=O)[O-])cc1O[C@@H](C)C(=O)c1c[nH]c2ccccc12. The molecule has 7 nitrogen and oxygen atoms in total. The number of fused-ring (bicyclic) bond motifs is 1. The molecule has 0 bridgehead atoms. The fraction of sp³-hybridized carbons (Fsp3) is 0.167. The number of non-ortho nitro benzene ring substituents is 1. The van der Waals surface area contributed by atoms with Crippen LogP contribution in [-0.2, 0) is 0 Å². The van der Waals surface area contributed by atoms with Crippen molar-refractivity contribution in [1.82, 2.24) is 4.98 Å². The van der Waals surface area contributed by atoms with E-state index < -0.39 is 11.0 Å². The predicted octanol–water partition coefficient (Wildman–Crippen LogP) is 3.73. The number of carbonyl (C=O) groups excluding carboxylic acids is 1. The van der Waals surface area contributed by atoms with Crippen LogP contribution in [0.3, 0.4) is 0 Å². The molecule has 0 aliphatic carbocycles. The summed E-state index contributed by atoms with van der Waals surface area (Å²) in [6.45, 7) is 1.60. The average molecular weight is 340 g/mol. The van der Waals surface area contributed by atoms with Crippen molar-refractivity contribution >= 4 is 22.4 Å². The van der Waals surface area contributed by atoms with Gasteiger partial charge in [0, 0.05) is 28.7 Å². The van der Waals surface area contributed by atoms with Crippen LogP contribution in [0.2, 0.25) is 0 Å². The number of nitro benzene ring substituents is 1. The number of rotatable bonds is 6. The number of H-pyrrole nitrogens is 1. The summed E-state index contributed by atoms with van der Waals surface area (Å²) in [4.78, 5) is 26.2. The van der Waals surface area contributed by atoms with E-state index >= 15 is 0 Å². The minimum atomic E-state index is -0.838. The summed E-state index contributed by atoms with van der Waals surface area (Å²) >= 11 is 0. The van der Waals surface area contributed by atoms with Gasteiger partial charge in [-0.2, -0.15) is 0 Å². The molecule has 0 radical (unpaired) electrons. The lowest BCUT2D eigenvalue weighted by Gasteiger charge is -2.15. The Labute approximate surface area is 143 Å². The Kier molecular flexibility index (Phi) is 4.38. The second-order valence-corrected chi connectivity index (χ2v) is 5.46. The summed E-state index contributed by atoms with van der Waals surface area (Å²) in [5.74, 6) is 0.243. The Hall–Kier alpha value is -3.35. The zero-order valence-electron chi connectivity index (χ0n) is 13.7. The second kappa shape index (κ2) is 6.64. The van der Waals surface area contributed by atoms with Crippen molar-refractivity contribution in [2.45, 2.75) is 13.0 Å². The Morgan fingerprint density at radius 2 is 1.96 bits per heavy atom. The highest BCUT2D eigenvalue weighted by atomic mass is 16.6. The minimum Gasteiger partial charge on any atom is -0.493 e. The minimum absolute atomic E-state index is 0.137. The summed E-state index contributed by atoms with van der Waals surface area (Å²) in [6.07, 6.45) is 0.799. The maximum Gasteiger partial charge on any atom is 0.273 e. The first kappa shape index (κ1) is 16.5. The van der Waals surface area contributed by atoms with Crippen molar-refractivity contribution in [1.29, 1.82) is 0 Å². The Balaban J connectivity index is 1.89. The summed E-state index contributed by atoms with van der Waals surface area (Å²) in [5, 5.41) is 11.7. The summed E-state index contributed by atoms with van der Waals surface area (Å²) < 4.78 is 10.8. The number of hydrogen-bond acceptors (Lipinski definition) is 5. The first-order chi connectivity index (χ1) is 12.0. The van der Waals surface area contributed by atoms with Crippen molar-refractivity contribution in [3.8, 4) is 11.5 Å². The third kappa shape index (κ3) is 3.16. The van der Waals surface area contributed by atoms with E-state index in [0.717, 1.165) is 10.9 Å². The number of benzene rings is 2. The van der Waals surface area contributed by atoms with Crippen molar-refractivity contribution in [3.05, 3.63) is 64.3 Å². The molecule has 0 saturated heterocycles. The third-order valence-corrected chi connectivity index (χ3v) is 3.89. The molecule has 2 aromatic carbocycles. The number of methoxy groups -OCH3 is 1. The number of hydrogen-bond donors (Lipinski definition) is 1. The third-order valence-electron chi connectivity index (χ3n) is 3.89. The van der Waals surface area contributed by atoms with Crippen LogP contribution in [-0.4, -0.2) is 28.9 Å². The molecule has 0 spiro atoms. The lowest BCUT2D eigenvalue weighted by molar-refractivity contribution is -0.385. The normalized spacial score (nSPS) is 11.9. The quantitative estimate of drug-likeness (QED) is 0.419. The van der Waals surface area contributed by atoms with Gasteiger partial charge >= 0.3 is 0 Å². The van der Waals surface area contributed by atoms with Crippen LogP contribution in [0.4, 0.5) is 5.69 Å². The molecule has 1 N–H and O–H groups in total. The van der Waals surface area contributed by atoms with E-state index in [1.165, 1.54) is 25.3 Å². The first-order valence-electron chi connectivity index (χ1n) is 7.60. The second-order valence-electron chi connectivity index (χ2n) is 5.46. The first-order valence-corrected chi connectivity index (χ1v) is 7.60. The van der Waals surface area contributed by atoms with Crippen molar-refractivity contribution in [2.24, 2.45) is 0 Å². The molecular formula is C18H16N2O5. The van der Waals surface area contributed by atoms with Gasteiger partial charge in [0.1, 0.15) is 0 Å². The number of nitro groups is 1. The summed E-state index contributed by atoms with van der Waals surface area (Å²) in [5.41, 5.74) is 1.22. The molecule has 0 unspecified atom stereocenters. The topological polar surface area (TPSA) is 94.5 Å². The zero-order chi connectivity index (χ0) is 18.0. The highest BCUT2D eigenvalue weighted by Gasteiger charge is 2.22. The van der Waals surface area contributed by atoms with E-state index in [0.29, 0.717) is 11.3 Å². The van der Waals surface area contributed by atoms with Gasteiger partial charge in [0.25, 0.3) is 5.69 Å². The molecule has 3 rings (SSSR count). The summed E-state index contributed by atoms with van der Waals surface area (Å²) in [7, 11) is 1.43. The van der Waals surface area contributed by atoms with Crippen LogP contribution < -0.4 is 9.47 Å². The van der Waals surface area contributed by atoms with Crippen LogP contribution >= 0.6 is 0 Å². The van der Waals surface area contributed by atoms with E-state index in [9.17, 15) is 14.9 Å². The van der Waals surface area contributed by atoms with E-state index in [2.05, 4.69) is 4.98 Å². The number of nitrogens with one attached hydrogen (secondary N) is 1. The number of ether oxygens (including phenoxy) is 2. The maximum atomic E-state index is 12.7. The summed E-state index contributed by atoms with van der Waals surface area (Å²) in [6, 6.07) is 11.5. The molecule has 0 amide bonds. The molecular weight excluding hydrogens is 324 g/mol. The molecule has 1 aromatic heterocycles. The van der Waals surface area contributed by atoms with E-state index in [1.54, 1.807) is 13.1 Å². The fourth-order valence-electron chi connectivity index (χ4n) is 2.61. The molecule has 1 atom stereocenters. The molecule has 0 fully saturated rings. The number of Topliss-reactive ketones (excluding diaryl/α,β-unsaturated/α-hetero) is 1. The number of nitrogens with zero attached hydrogens (tertiary/aromatic N) is 1. The molecule has 0 aliphatic rings. The number of carbonyl (C=O) groups is 1. The molecule has 7 heteroatoms. The Morgan fingerprint density at radius 3 is 2.68 bits per heavy atom. The van der Waals surface area contributed by atoms with Crippen molar-refractivity contribution < 1.29 is 19.2 Å². The van der Waals surface area contributed by atoms with Gasteiger partial charge in [0.05, 0.1) is 18.1 Å². The molecule has 3 aromatic rings. The van der Waals surface area contributed by atoms with Crippen LogP contribution in [0.5, 0.6) is 11.5 Å². The van der Waals surface area contributed by atoms with Crippen LogP contribution in [0.25, 0.3) is 10.9 Å². The predicted molar refractivity (Wildman–Crippen MR) is 92.4 cm³/mol. The number of aromatic amines is 1. The van der Waals surface area contributed by atoms with Crippen molar-refractivity contribution in [2.75, 3.05) is 7.11 Å². The van der Waals surface area contributed by atoms with E-state index in [1.807, 2.05) is 24.3 Å². The van der Waals surface area contributed by atoms with Crippen LogP contribution in [0.1, 0.15) is 17.3 Å². The lowest BCUT2D eigenvalue weighted by Crippen LogP contribution is -2.24. The number of ketones is 1. The van der Waals surface area contributed by atoms with Gasteiger partial charge in [-0.05, 0) is 19.1 Å². The van der Waals surface area contributed by atoms with E-state index in [4.69, 9.17) is 9.47 Å². The zero-order valence-corrected chi connectivity index (χ0v) is 13.7. The number of para-hydroxylation sites is 1. The number of aromatic nitrogens is 1. The molecule has 0 saturated carbocycles. The van der Waals surface area contributed by atoms with Gasteiger partial charge in [0.15, 0.2) is 17.6 Å². The highest BCUT2D eigenvalue weighted by Crippen LogP contribution is 2.32. The molecule has 0 aliphatic heterocycles. The Morgan fingerprint density at radius 1 is 1.20 bits per heavy atom. The molecule has 128 valence electrons. The Bertz CT molecular complexity index is 948. The van der Waals surface area contributed by atoms with Gasteiger partial charge in [-0.25, -0.2) is 0 Å².